The maximum absolute atomic E-state index is 10.3. The molecule has 0 aliphatic heterocycles. The Bertz CT molecular complexity index is 319. The maximum Gasteiger partial charge on any atom is 0.171 e. The lowest BCUT2D eigenvalue weighted by Crippen LogP contribution is -2.22. The van der Waals surface area contributed by atoms with Crippen LogP contribution in [0.25, 0.3) is 0 Å². The van der Waals surface area contributed by atoms with Crippen molar-refractivity contribution in [1.29, 1.82) is 0 Å². The molecule has 84 valence electrons. The van der Waals surface area contributed by atoms with Gasteiger partial charge in [-0.05, 0) is 6.04 Å². The summed E-state index contributed by atoms with van der Waals surface area (Å²) in [5, 5.41) is 7.38. The molecule has 0 radical (unpaired) electrons. The van der Waals surface area contributed by atoms with Gasteiger partial charge in [-0.1, -0.05) is 24.9 Å². The highest BCUT2D eigenvalue weighted by Gasteiger charge is 2.11. The molecular weight excluding hydrogens is 210 g/mol. The van der Waals surface area contributed by atoms with Crippen molar-refractivity contribution in [1.82, 2.24) is 15.0 Å². The molecule has 0 atom stereocenters. The summed E-state index contributed by atoms with van der Waals surface area (Å²) in [6, 6.07) is 1.13. The Morgan fingerprint density at radius 2 is 2.27 bits per heavy atom. The van der Waals surface area contributed by atoms with Gasteiger partial charge in [0.15, 0.2) is 6.29 Å². The van der Waals surface area contributed by atoms with E-state index in [0.29, 0.717) is 18.7 Å². The first-order valence-corrected chi connectivity index (χ1v) is 8.65. The van der Waals surface area contributed by atoms with E-state index >= 15 is 0 Å². The molecule has 1 aromatic heterocycles. The number of hydrogen-bond donors (Lipinski definition) is 0. The molecule has 0 unspecified atom stereocenters. The van der Waals surface area contributed by atoms with Crippen molar-refractivity contribution < 1.29 is 9.53 Å². The summed E-state index contributed by atoms with van der Waals surface area (Å²) in [5.74, 6) is 0. The summed E-state index contributed by atoms with van der Waals surface area (Å²) in [5.41, 5.74) is 0.337. The van der Waals surface area contributed by atoms with Crippen LogP contribution < -0.4 is 0 Å². The fourth-order valence-corrected chi connectivity index (χ4v) is 1.72. The number of carbonyl (C=O) groups is 1. The smallest absolute Gasteiger partial charge is 0.171 e. The maximum atomic E-state index is 10.3. The molecule has 0 bridgehead atoms. The predicted octanol–water partition coefficient (Wildman–Crippen LogP) is 1.40. The van der Waals surface area contributed by atoms with E-state index in [1.54, 1.807) is 6.20 Å². The number of aldehydes is 1. The number of nitrogens with zero attached hydrogens (tertiary/aromatic N) is 3. The lowest BCUT2D eigenvalue weighted by atomic mass is 10.5. The van der Waals surface area contributed by atoms with Gasteiger partial charge in [-0.25, -0.2) is 4.68 Å². The Hall–Kier alpha value is -1.01. The lowest BCUT2D eigenvalue weighted by Gasteiger charge is -2.15. The molecule has 0 spiro atoms. The van der Waals surface area contributed by atoms with Crippen LogP contribution in [0, 0.1) is 0 Å². The van der Waals surface area contributed by atoms with E-state index in [-0.39, 0.29) is 0 Å². The molecule has 5 nitrogen and oxygen atoms in total. The zero-order valence-corrected chi connectivity index (χ0v) is 10.4. The summed E-state index contributed by atoms with van der Waals surface area (Å²) >= 11 is 0. The minimum absolute atomic E-state index is 0.337. The van der Waals surface area contributed by atoms with Gasteiger partial charge in [0.2, 0.25) is 0 Å². The number of carbonyl (C=O) groups excluding carboxylic acids is 1. The summed E-state index contributed by atoms with van der Waals surface area (Å²) in [7, 11) is -1.02. The van der Waals surface area contributed by atoms with Crippen molar-refractivity contribution in [3.63, 3.8) is 0 Å². The van der Waals surface area contributed by atoms with Crippen LogP contribution in [0.1, 0.15) is 10.5 Å². The Morgan fingerprint density at radius 3 is 2.80 bits per heavy atom. The van der Waals surface area contributed by atoms with Gasteiger partial charge >= 0.3 is 0 Å². The molecule has 0 aliphatic carbocycles. The number of aromatic nitrogens is 3. The third-order valence-corrected chi connectivity index (χ3v) is 3.60. The SMILES string of the molecule is C[Si](C)(C)CCOCn1cc(C=O)nn1. The van der Waals surface area contributed by atoms with E-state index in [1.165, 1.54) is 4.68 Å². The molecule has 1 aromatic rings. The van der Waals surface area contributed by atoms with Gasteiger partial charge in [0.25, 0.3) is 0 Å². The molecule has 6 heteroatoms. The molecule has 0 saturated heterocycles. The van der Waals surface area contributed by atoms with Crippen LogP contribution in [0.5, 0.6) is 0 Å². The van der Waals surface area contributed by atoms with E-state index in [9.17, 15) is 4.79 Å². The fourth-order valence-electron chi connectivity index (χ4n) is 0.967. The zero-order chi connectivity index (χ0) is 11.3. The normalized spacial score (nSPS) is 11.7. The number of ether oxygens (including phenoxy) is 1. The Labute approximate surface area is 90.4 Å². The summed E-state index contributed by atoms with van der Waals surface area (Å²) in [6.07, 6.45) is 2.24. The summed E-state index contributed by atoms with van der Waals surface area (Å²) in [6.45, 7) is 8.01. The molecule has 0 aromatic carbocycles. The number of hydrogen-bond acceptors (Lipinski definition) is 4. The van der Waals surface area contributed by atoms with Crippen molar-refractivity contribution in [3.05, 3.63) is 11.9 Å². The molecule has 0 saturated carbocycles. The molecule has 15 heavy (non-hydrogen) atoms. The van der Waals surface area contributed by atoms with Crippen molar-refractivity contribution in [3.8, 4) is 0 Å². The Kier molecular flexibility index (Phi) is 4.16. The first-order chi connectivity index (χ1) is 7.01. The Morgan fingerprint density at radius 1 is 1.53 bits per heavy atom. The van der Waals surface area contributed by atoms with Gasteiger partial charge in [0.05, 0.1) is 6.20 Å². The van der Waals surface area contributed by atoms with Crippen molar-refractivity contribution in [2.45, 2.75) is 32.4 Å². The van der Waals surface area contributed by atoms with Gasteiger partial charge < -0.3 is 4.74 Å². The largest absolute Gasteiger partial charge is 0.359 e. The number of rotatable bonds is 6. The first-order valence-electron chi connectivity index (χ1n) is 4.94. The van der Waals surface area contributed by atoms with Crippen LogP contribution in [0.3, 0.4) is 0 Å². The molecule has 0 N–H and O–H groups in total. The van der Waals surface area contributed by atoms with Crippen LogP contribution in [0.15, 0.2) is 6.20 Å². The van der Waals surface area contributed by atoms with Crippen LogP contribution in [0.4, 0.5) is 0 Å². The molecule has 0 aliphatic rings. The molecule has 1 heterocycles. The second kappa shape index (κ2) is 5.18. The van der Waals surface area contributed by atoms with E-state index in [4.69, 9.17) is 4.74 Å². The third kappa shape index (κ3) is 4.85. The second-order valence-electron chi connectivity index (χ2n) is 4.65. The highest BCUT2D eigenvalue weighted by molar-refractivity contribution is 6.76. The van der Waals surface area contributed by atoms with E-state index in [0.717, 1.165) is 12.7 Å². The van der Waals surface area contributed by atoms with Gasteiger partial charge in [-0.15, -0.1) is 5.10 Å². The van der Waals surface area contributed by atoms with Gasteiger partial charge in [-0.2, -0.15) is 0 Å². The summed E-state index contributed by atoms with van der Waals surface area (Å²) < 4.78 is 6.95. The van der Waals surface area contributed by atoms with Crippen LogP contribution in [-0.2, 0) is 11.5 Å². The minimum atomic E-state index is -1.02. The highest BCUT2D eigenvalue weighted by atomic mass is 28.3. The molecular formula is C9H17N3O2Si. The van der Waals surface area contributed by atoms with Crippen molar-refractivity contribution >= 4 is 14.4 Å². The van der Waals surface area contributed by atoms with E-state index in [2.05, 4.69) is 30.0 Å². The fraction of sp³-hybridized carbons (Fsp3) is 0.667. The van der Waals surface area contributed by atoms with Gasteiger partial charge in [0.1, 0.15) is 12.4 Å². The monoisotopic (exact) mass is 227 g/mol. The average molecular weight is 227 g/mol. The summed E-state index contributed by atoms with van der Waals surface area (Å²) in [4.78, 5) is 10.3. The topological polar surface area (TPSA) is 57.0 Å². The van der Waals surface area contributed by atoms with Crippen molar-refractivity contribution in [2.75, 3.05) is 6.61 Å². The molecule has 0 amide bonds. The molecule has 1 rings (SSSR count). The highest BCUT2D eigenvalue weighted by Crippen LogP contribution is 2.07. The van der Waals surface area contributed by atoms with Crippen LogP contribution in [0.2, 0.25) is 25.7 Å². The zero-order valence-electron chi connectivity index (χ0n) is 9.43. The second-order valence-corrected chi connectivity index (χ2v) is 10.3. The Balaban J connectivity index is 2.23. The minimum Gasteiger partial charge on any atom is -0.359 e. The van der Waals surface area contributed by atoms with E-state index in [1.807, 2.05) is 0 Å². The van der Waals surface area contributed by atoms with Gasteiger partial charge in [0, 0.05) is 14.7 Å². The van der Waals surface area contributed by atoms with Crippen molar-refractivity contribution in [2.24, 2.45) is 0 Å². The quantitative estimate of drug-likeness (QED) is 0.419. The third-order valence-electron chi connectivity index (χ3n) is 1.90. The average Bonchev–Trinajstić information content (AvgIpc) is 2.59. The van der Waals surface area contributed by atoms with E-state index < -0.39 is 8.07 Å². The van der Waals surface area contributed by atoms with Crippen LogP contribution in [-0.4, -0.2) is 36.0 Å². The molecule has 0 fully saturated rings. The predicted molar refractivity (Wildman–Crippen MR) is 59.5 cm³/mol. The standard InChI is InChI=1S/C9H17N3O2Si/c1-15(2,3)5-4-14-8-12-6-9(7-13)10-11-12/h6-7H,4-5,8H2,1-3H3. The van der Waals surface area contributed by atoms with Crippen LogP contribution >= 0.6 is 0 Å². The first kappa shape index (κ1) is 12.1. The van der Waals surface area contributed by atoms with Gasteiger partial charge in [-0.3, -0.25) is 4.79 Å². The lowest BCUT2D eigenvalue weighted by molar-refractivity contribution is 0.0772.